The molecule has 0 aromatic carbocycles. The molecule has 3 nitrogen and oxygen atoms in total. The number of likely N-dealkylation sites (tertiary alicyclic amines) is 1. The lowest BCUT2D eigenvalue weighted by Gasteiger charge is -2.50. The molecule has 2 saturated heterocycles. The molecule has 3 heteroatoms. The Hall–Kier alpha value is -1.37. The number of rotatable bonds is 2. The van der Waals surface area contributed by atoms with E-state index in [1.165, 1.54) is 24.9 Å². The molecule has 88 valence electrons. The second-order valence-corrected chi connectivity index (χ2v) is 4.89. The second-order valence-electron chi connectivity index (χ2n) is 4.89. The number of aromatic nitrogens is 1. The van der Waals surface area contributed by atoms with Crippen molar-refractivity contribution >= 4 is 0 Å². The van der Waals surface area contributed by atoms with E-state index in [9.17, 15) is 0 Å². The van der Waals surface area contributed by atoms with E-state index >= 15 is 0 Å². The number of ether oxygens (including phenoxy) is 1. The van der Waals surface area contributed by atoms with E-state index in [4.69, 9.17) is 11.2 Å². The van der Waals surface area contributed by atoms with E-state index in [-0.39, 0.29) is 0 Å². The van der Waals surface area contributed by atoms with Crippen molar-refractivity contribution in [2.75, 3.05) is 19.8 Å². The predicted molar refractivity (Wildman–Crippen MR) is 65.4 cm³/mol. The molecule has 3 heterocycles. The zero-order valence-corrected chi connectivity index (χ0v) is 9.85. The minimum atomic E-state index is 0.324. The van der Waals surface area contributed by atoms with Crippen LogP contribution in [0.3, 0.4) is 0 Å². The minimum absolute atomic E-state index is 0.324. The second kappa shape index (κ2) is 4.14. The van der Waals surface area contributed by atoms with Crippen LogP contribution in [0.4, 0.5) is 0 Å². The number of terminal acetylenes is 1. The maximum Gasteiger partial charge on any atom is 0.112 e. The van der Waals surface area contributed by atoms with Crippen LogP contribution in [-0.2, 0) is 11.3 Å². The van der Waals surface area contributed by atoms with Crippen LogP contribution in [-0.4, -0.2) is 35.2 Å². The van der Waals surface area contributed by atoms with E-state index in [0.717, 1.165) is 19.8 Å². The van der Waals surface area contributed by atoms with E-state index in [0.29, 0.717) is 11.2 Å². The van der Waals surface area contributed by atoms with Gasteiger partial charge in [0, 0.05) is 31.4 Å². The van der Waals surface area contributed by atoms with Crippen molar-refractivity contribution in [1.29, 1.82) is 0 Å². The third-order valence-electron chi connectivity index (χ3n) is 3.95. The molecule has 0 aliphatic carbocycles. The van der Waals surface area contributed by atoms with Gasteiger partial charge >= 0.3 is 0 Å². The van der Waals surface area contributed by atoms with Gasteiger partial charge in [0.15, 0.2) is 0 Å². The normalized spacial score (nSPS) is 27.9. The molecule has 0 bridgehead atoms. The largest absolute Gasteiger partial charge is 0.379 e. The lowest BCUT2D eigenvalue weighted by atomic mass is 9.83. The zero-order valence-electron chi connectivity index (χ0n) is 9.85. The van der Waals surface area contributed by atoms with Gasteiger partial charge in [0.1, 0.15) is 5.69 Å². The van der Waals surface area contributed by atoms with E-state index in [1.807, 2.05) is 12.3 Å². The Bertz CT molecular complexity index is 440. The Morgan fingerprint density at radius 3 is 2.94 bits per heavy atom. The fourth-order valence-electron chi connectivity index (χ4n) is 2.70. The third-order valence-corrected chi connectivity index (χ3v) is 3.95. The summed E-state index contributed by atoms with van der Waals surface area (Å²) in [6.45, 7) is 3.93. The molecule has 0 N–H and O–H groups in total. The highest BCUT2D eigenvalue weighted by Gasteiger charge is 2.47. The fraction of sp³-hybridized carbons (Fsp3) is 0.500. The smallest absolute Gasteiger partial charge is 0.112 e. The SMILES string of the molecule is C#Cc1ccc(CN2CCC23CCOC3)cn1. The molecule has 0 radical (unpaired) electrons. The molecule has 1 atom stereocenters. The summed E-state index contributed by atoms with van der Waals surface area (Å²) in [6.07, 6.45) is 9.62. The van der Waals surface area contributed by atoms with Crippen LogP contribution in [0.25, 0.3) is 0 Å². The van der Waals surface area contributed by atoms with Gasteiger partial charge in [0.05, 0.1) is 6.61 Å². The van der Waals surface area contributed by atoms with Crippen LogP contribution in [0.15, 0.2) is 18.3 Å². The van der Waals surface area contributed by atoms with Gasteiger partial charge < -0.3 is 4.74 Å². The summed E-state index contributed by atoms with van der Waals surface area (Å²) in [7, 11) is 0. The topological polar surface area (TPSA) is 25.4 Å². The fourth-order valence-corrected chi connectivity index (χ4v) is 2.70. The summed E-state index contributed by atoms with van der Waals surface area (Å²) >= 11 is 0. The molecule has 2 fully saturated rings. The van der Waals surface area contributed by atoms with Crippen molar-refractivity contribution in [3.8, 4) is 12.3 Å². The lowest BCUT2D eigenvalue weighted by Crippen LogP contribution is -2.59. The van der Waals surface area contributed by atoms with Gasteiger partial charge in [-0.2, -0.15) is 0 Å². The monoisotopic (exact) mass is 228 g/mol. The molecular formula is C14H16N2O. The average Bonchev–Trinajstić information content (AvgIpc) is 2.87. The van der Waals surface area contributed by atoms with Gasteiger partial charge in [-0.1, -0.05) is 12.0 Å². The molecule has 1 spiro atoms. The van der Waals surface area contributed by atoms with Crippen LogP contribution in [0.1, 0.15) is 24.1 Å². The maximum absolute atomic E-state index is 5.52. The Kier molecular flexibility index (Phi) is 2.62. The van der Waals surface area contributed by atoms with Crippen molar-refractivity contribution in [1.82, 2.24) is 9.88 Å². The predicted octanol–water partition coefficient (Wildman–Crippen LogP) is 1.43. The summed E-state index contributed by atoms with van der Waals surface area (Å²) < 4.78 is 5.52. The van der Waals surface area contributed by atoms with Gasteiger partial charge in [0.25, 0.3) is 0 Å². The summed E-state index contributed by atoms with van der Waals surface area (Å²) in [5.41, 5.74) is 2.26. The lowest BCUT2D eigenvalue weighted by molar-refractivity contribution is -0.0275. The van der Waals surface area contributed by atoms with Crippen LogP contribution in [0.2, 0.25) is 0 Å². The van der Waals surface area contributed by atoms with Gasteiger partial charge in [-0.15, -0.1) is 6.42 Å². The Labute approximate surface area is 102 Å². The molecular weight excluding hydrogens is 212 g/mol. The maximum atomic E-state index is 5.52. The van der Waals surface area contributed by atoms with Crippen molar-refractivity contribution < 1.29 is 4.74 Å². The van der Waals surface area contributed by atoms with Crippen molar-refractivity contribution in [2.24, 2.45) is 0 Å². The summed E-state index contributed by atoms with van der Waals surface area (Å²) in [5.74, 6) is 2.54. The van der Waals surface area contributed by atoms with Crippen molar-refractivity contribution in [3.05, 3.63) is 29.6 Å². The molecule has 1 unspecified atom stereocenters. The number of nitrogens with zero attached hydrogens (tertiary/aromatic N) is 2. The van der Waals surface area contributed by atoms with Crippen LogP contribution >= 0.6 is 0 Å². The summed E-state index contributed by atoms with van der Waals surface area (Å²) in [6, 6.07) is 3.98. The molecule has 0 amide bonds. The standard InChI is InChI=1S/C14H16N2O/c1-2-13-4-3-12(9-15-13)10-16-7-5-14(16)6-8-17-11-14/h1,3-4,9H,5-8,10-11H2. The van der Waals surface area contributed by atoms with Gasteiger partial charge in [-0.3, -0.25) is 4.90 Å². The van der Waals surface area contributed by atoms with Crippen molar-refractivity contribution in [2.45, 2.75) is 24.9 Å². The summed E-state index contributed by atoms with van der Waals surface area (Å²) in [5, 5.41) is 0. The van der Waals surface area contributed by atoms with Crippen LogP contribution in [0.5, 0.6) is 0 Å². The molecule has 2 aliphatic rings. The van der Waals surface area contributed by atoms with E-state index < -0.39 is 0 Å². The Morgan fingerprint density at radius 1 is 1.47 bits per heavy atom. The highest BCUT2D eigenvalue weighted by molar-refractivity contribution is 5.26. The number of hydrogen-bond acceptors (Lipinski definition) is 3. The minimum Gasteiger partial charge on any atom is -0.379 e. The van der Waals surface area contributed by atoms with E-state index in [1.54, 1.807) is 0 Å². The molecule has 3 rings (SSSR count). The summed E-state index contributed by atoms with van der Waals surface area (Å²) in [4.78, 5) is 6.74. The number of hydrogen-bond donors (Lipinski definition) is 0. The first-order chi connectivity index (χ1) is 8.32. The first-order valence-electron chi connectivity index (χ1n) is 6.07. The molecule has 1 aromatic heterocycles. The Morgan fingerprint density at radius 2 is 2.41 bits per heavy atom. The van der Waals surface area contributed by atoms with Crippen molar-refractivity contribution in [3.63, 3.8) is 0 Å². The molecule has 1 aromatic rings. The highest BCUT2D eigenvalue weighted by atomic mass is 16.5. The first kappa shape index (κ1) is 10.8. The quantitative estimate of drug-likeness (QED) is 0.716. The zero-order chi connectivity index (χ0) is 11.7. The highest BCUT2D eigenvalue weighted by Crippen LogP contribution is 2.38. The van der Waals surface area contributed by atoms with Gasteiger partial charge in [-0.05, 0) is 24.5 Å². The Balaban J connectivity index is 1.69. The first-order valence-corrected chi connectivity index (χ1v) is 6.07. The van der Waals surface area contributed by atoms with E-state index in [2.05, 4.69) is 21.9 Å². The molecule has 17 heavy (non-hydrogen) atoms. The molecule has 0 saturated carbocycles. The van der Waals surface area contributed by atoms with Crippen LogP contribution in [0, 0.1) is 12.3 Å². The molecule has 2 aliphatic heterocycles. The number of pyridine rings is 1. The van der Waals surface area contributed by atoms with Gasteiger partial charge in [0.2, 0.25) is 0 Å². The van der Waals surface area contributed by atoms with Crippen LogP contribution < -0.4 is 0 Å². The van der Waals surface area contributed by atoms with Gasteiger partial charge in [-0.25, -0.2) is 4.98 Å². The average molecular weight is 228 g/mol. The third kappa shape index (κ3) is 1.84.